The Morgan fingerprint density at radius 3 is 2.52 bits per heavy atom. The number of nitrogens with zero attached hydrogens (tertiary/aromatic N) is 1. The highest BCUT2D eigenvalue weighted by molar-refractivity contribution is 8.24. The van der Waals surface area contributed by atoms with Gasteiger partial charge in [0.2, 0.25) is 5.91 Å². The summed E-state index contributed by atoms with van der Waals surface area (Å²) < 4.78 is 24.8. The number of carbonyl (C=O) groups excluding carboxylic acids is 1. The molecule has 1 amide bonds. The maximum absolute atomic E-state index is 13.3. The quantitative estimate of drug-likeness (QED) is 0.352. The Balaban J connectivity index is 1.37. The molecule has 0 radical (unpaired) electrons. The van der Waals surface area contributed by atoms with E-state index >= 15 is 0 Å². The number of ether oxygens (including phenoxy) is 2. The molecular formula is C25H21ClFNO3S2. The van der Waals surface area contributed by atoms with Gasteiger partial charge in [-0.05, 0) is 59.5 Å². The predicted molar refractivity (Wildman–Crippen MR) is 133 cm³/mol. The van der Waals surface area contributed by atoms with E-state index in [2.05, 4.69) is 0 Å². The van der Waals surface area contributed by atoms with E-state index in [1.54, 1.807) is 36.3 Å². The highest BCUT2D eigenvalue weighted by Crippen LogP contribution is 2.33. The summed E-state index contributed by atoms with van der Waals surface area (Å²) in [5.74, 6) is 0.951. The Morgan fingerprint density at radius 2 is 1.82 bits per heavy atom. The molecule has 1 aliphatic heterocycles. The number of hydrogen-bond donors (Lipinski definition) is 0. The maximum atomic E-state index is 13.3. The topological polar surface area (TPSA) is 38.8 Å². The largest absolute Gasteiger partial charge is 0.497 e. The Morgan fingerprint density at radius 1 is 1.06 bits per heavy atom. The standard InChI is InChI=1S/C25H21ClFNO3S2/c1-30-20-8-5-16(6-9-20)14-28-24(29)23(33-25(28)32)13-17-7-10-22(21(26)12-17)31-15-18-3-2-4-19(27)11-18/h2-12,23H,13-15H2,1H3/t23-/m1/s1. The third kappa shape index (κ3) is 5.85. The molecule has 1 saturated heterocycles. The van der Waals surface area contributed by atoms with Crippen molar-refractivity contribution in [2.45, 2.75) is 24.8 Å². The number of halogens is 2. The predicted octanol–water partition coefficient (Wildman–Crippen LogP) is 6.04. The summed E-state index contributed by atoms with van der Waals surface area (Å²) in [4.78, 5) is 14.6. The first kappa shape index (κ1) is 23.5. The van der Waals surface area contributed by atoms with Gasteiger partial charge in [0, 0.05) is 0 Å². The van der Waals surface area contributed by atoms with E-state index in [0.29, 0.717) is 33.6 Å². The van der Waals surface area contributed by atoms with Crippen molar-refractivity contribution in [3.8, 4) is 11.5 Å². The number of amides is 1. The van der Waals surface area contributed by atoms with Crippen LogP contribution in [0.1, 0.15) is 16.7 Å². The van der Waals surface area contributed by atoms with Crippen LogP contribution in [0.5, 0.6) is 11.5 Å². The second kappa shape index (κ2) is 10.5. The molecule has 4 rings (SSSR count). The molecule has 0 unspecified atom stereocenters. The van der Waals surface area contributed by atoms with Crippen LogP contribution < -0.4 is 9.47 Å². The SMILES string of the molecule is COc1ccc(CN2C(=O)[C@@H](Cc3ccc(OCc4cccc(F)c4)c(Cl)c3)SC2=S)cc1. The van der Waals surface area contributed by atoms with Crippen LogP contribution in [0.3, 0.4) is 0 Å². The molecule has 0 aliphatic carbocycles. The minimum atomic E-state index is -0.310. The van der Waals surface area contributed by atoms with E-state index in [1.165, 1.54) is 23.9 Å². The second-order valence-electron chi connectivity index (χ2n) is 7.53. The number of carbonyl (C=O) groups is 1. The summed E-state index contributed by atoms with van der Waals surface area (Å²) in [6.07, 6.45) is 0.507. The average molecular weight is 502 g/mol. The lowest BCUT2D eigenvalue weighted by Crippen LogP contribution is -2.31. The fourth-order valence-electron chi connectivity index (χ4n) is 3.47. The molecule has 1 aliphatic rings. The number of rotatable bonds is 8. The fraction of sp³-hybridized carbons (Fsp3) is 0.200. The highest BCUT2D eigenvalue weighted by atomic mass is 35.5. The number of hydrogen-bond acceptors (Lipinski definition) is 5. The van der Waals surface area contributed by atoms with Crippen molar-refractivity contribution < 1.29 is 18.7 Å². The third-order valence-corrected chi connectivity index (χ3v) is 7.08. The van der Waals surface area contributed by atoms with Crippen molar-refractivity contribution in [1.29, 1.82) is 0 Å². The molecule has 0 N–H and O–H groups in total. The van der Waals surface area contributed by atoms with Crippen molar-refractivity contribution in [1.82, 2.24) is 4.90 Å². The summed E-state index contributed by atoms with van der Waals surface area (Å²) in [5, 5.41) is 0.142. The molecule has 0 aromatic heterocycles. The van der Waals surface area contributed by atoms with Gasteiger partial charge in [-0.3, -0.25) is 9.69 Å². The lowest BCUT2D eigenvalue weighted by atomic mass is 10.1. The summed E-state index contributed by atoms with van der Waals surface area (Å²) in [7, 11) is 1.62. The van der Waals surface area contributed by atoms with E-state index in [-0.39, 0.29) is 23.6 Å². The van der Waals surface area contributed by atoms with Crippen LogP contribution in [0.15, 0.2) is 66.7 Å². The van der Waals surface area contributed by atoms with Gasteiger partial charge in [-0.1, -0.05) is 65.9 Å². The molecular weight excluding hydrogens is 481 g/mol. The zero-order valence-electron chi connectivity index (χ0n) is 17.8. The van der Waals surface area contributed by atoms with Gasteiger partial charge in [0.15, 0.2) is 0 Å². The smallest absolute Gasteiger partial charge is 0.242 e. The molecule has 8 heteroatoms. The maximum Gasteiger partial charge on any atom is 0.242 e. The molecule has 0 spiro atoms. The third-order valence-electron chi connectivity index (χ3n) is 5.21. The van der Waals surface area contributed by atoms with E-state index in [1.807, 2.05) is 30.3 Å². The minimum absolute atomic E-state index is 0.0108. The molecule has 33 heavy (non-hydrogen) atoms. The van der Waals surface area contributed by atoms with Crippen molar-refractivity contribution in [2.24, 2.45) is 0 Å². The first-order valence-electron chi connectivity index (χ1n) is 10.2. The number of methoxy groups -OCH3 is 1. The zero-order chi connectivity index (χ0) is 23.4. The van der Waals surface area contributed by atoms with Gasteiger partial charge in [-0.15, -0.1) is 0 Å². The van der Waals surface area contributed by atoms with E-state index in [4.69, 9.17) is 33.3 Å². The van der Waals surface area contributed by atoms with Gasteiger partial charge in [0.25, 0.3) is 0 Å². The molecule has 1 fully saturated rings. The van der Waals surface area contributed by atoms with Crippen molar-refractivity contribution in [3.05, 3.63) is 94.3 Å². The van der Waals surface area contributed by atoms with Crippen LogP contribution in [-0.4, -0.2) is 27.5 Å². The summed E-state index contributed by atoms with van der Waals surface area (Å²) >= 11 is 13.3. The lowest BCUT2D eigenvalue weighted by Gasteiger charge is -2.16. The number of thioether (sulfide) groups is 1. The monoisotopic (exact) mass is 501 g/mol. The van der Waals surface area contributed by atoms with Crippen LogP contribution in [0.4, 0.5) is 4.39 Å². The Hall–Kier alpha value is -2.61. The minimum Gasteiger partial charge on any atom is -0.497 e. The highest BCUT2D eigenvalue weighted by Gasteiger charge is 2.36. The second-order valence-corrected chi connectivity index (χ2v) is 9.78. The molecule has 1 atom stereocenters. The van der Waals surface area contributed by atoms with Crippen LogP contribution in [0.2, 0.25) is 5.02 Å². The summed E-state index contributed by atoms with van der Waals surface area (Å²) in [5.41, 5.74) is 2.61. The summed E-state index contributed by atoms with van der Waals surface area (Å²) in [6, 6.07) is 19.3. The van der Waals surface area contributed by atoms with Crippen LogP contribution in [0, 0.1) is 5.82 Å². The van der Waals surface area contributed by atoms with E-state index in [0.717, 1.165) is 16.9 Å². The van der Waals surface area contributed by atoms with Crippen LogP contribution in [0.25, 0.3) is 0 Å². The molecule has 1 heterocycles. The Labute approximate surface area is 206 Å². The van der Waals surface area contributed by atoms with Gasteiger partial charge < -0.3 is 9.47 Å². The fourth-order valence-corrected chi connectivity index (χ4v) is 5.26. The summed E-state index contributed by atoms with van der Waals surface area (Å²) in [6.45, 7) is 0.640. The first-order chi connectivity index (χ1) is 15.9. The number of thiocarbonyl (C=S) groups is 1. The average Bonchev–Trinajstić information content (AvgIpc) is 3.06. The van der Waals surface area contributed by atoms with Gasteiger partial charge in [0.05, 0.1) is 23.9 Å². The van der Waals surface area contributed by atoms with Gasteiger partial charge in [-0.25, -0.2) is 4.39 Å². The molecule has 0 saturated carbocycles. The zero-order valence-corrected chi connectivity index (χ0v) is 20.2. The molecule has 170 valence electrons. The lowest BCUT2D eigenvalue weighted by molar-refractivity contribution is -0.126. The normalized spacial score (nSPS) is 15.7. The molecule has 3 aromatic carbocycles. The van der Waals surface area contributed by atoms with Crippen molar-refractivity contribution in [2.75, 3.05) is 7.11 Å². The molecule has 3 aromatic rings. The Bertz CT molecular complexity index is 1170. The van der Waals surface area contributed by atoms with Gasteiger partial charge in [-0.2, -0.15) is 0 Å². The van der Waals surface area contributed by atoms with Gasteiger partial charge in [0.1, 0.15) is 28.2 Å². The van der Waals surface area contributed by atoms with Gasteiger partial charge >= 0.3 is 0 Å². The van der Waals surface area contributed by atoms with E-state index < -0.39 is 0 Å². The Kier molecular flexibility index (Phi) is 7.53. The van der Waals surface area contributed by atoms with Crippen LogP contribution in [-0.2, 0) is 24.4 Å². The van der Waals surface area contributed by atoms with Crippen molar-refractivity contribution >= 4 is 45.8 Å². The molecule has 0 bridgehead atoms. The van der Waals surface area contributed by atoms with Crippen LogP contribution >= 0.6 is 35.6 Å². The van der Waals surface area contributed by atoms with E-state index in [9.17, 15) is 9.18 Å². The number of benzene rings is 3. The molecule has 4 nitrogen and oxygen atoms in total. The first-order valence-corrected chi connectivity index (χ1v) is 11.9. The van der Waals surface area contributed by atoms with Crippen molar-refractivity contribution in [3.63, 3.8) is 0 Å².